The Morgan fingerprint density at radius 1 is 1.29 bits per heavy atom. The largest absolute Gasteiger partial charge is 0.368 e. The third-order valence-corrected chi connectivity index (χ3v) is 4.49. The van der Waals surface area contributed by atoms with Crippen LogP contribution in [-0.4, -0.2) is 41.3 Å². The van der Waals surface area contributed by atoms with Crippen molar-refractivity contribution in [2.45, 2.75) is 32.4 Å². The van der Waals surface area contributed by atoms with Gasteiger partial charge in [0.15, 0.2) is 0 Å². The number of nitrogens with two attached hydrogens (primary N) is 1. The minimum Gasteiger partial charge on any atom is -0.368 e. The number of pyridine rings is 1. The van der Waals surface area contributed by atoms with Crippen LogP contribution < -0.4 is 11.1 Å². The van der Waals surface area contributed by atoms with E-state index in [1.807, 2.05) is 38.1 Å². The summed E-state index contributed by atoms with van der Waals surface area (Å²) in [6.07, 6.45) is 3.43. The van der Waals surface area contributed by atoms with Crippen molar-refractivity contribution < 1.29 is 9.59 Å². The van der Waals surface area contributed by atoms with Crippen LogP contribution in [0.1, 0.15) is 28.3 Å². The predicted octanol–water partition coefficient (Wildman–Crippen LogP) is 1.41. The van der Waals surface area contributed by atoms with Crippen LogP contribution in [0.15, 0.2) is 42.7 Å². The van der Waals surface area contributed by atoms with Crippen molar-refractivity contribution in [3.8, 4) is 6.07 Å². The van der Waals surface area contributed by atoms with Gasteiger partial charge in [-0.1, -0.05) is 35.4 Å². The summed E-state index contributed by atoms with van der Waals surface area (Å²) in [4.78, 5) is 30.7. The molecule has 0 saturated heterocycles. The molecule has 0 radical (unpaired) electrons. The summed E-state index contributed by atoms with van der Waals surface area (Å²) in [6.45, 7) is 3.69. The Kier molecular flexibility index (Phi) is 7.24. The number of carbonyl (C=O) groups is 2. The van der Waals surface area contributed by atoms with Gasteiger partial charge in [0.25, 0.3) is 0 Å². The molecule has 1 unspecified atom stereocenters. The summed E-state index contributed by atoms with van der Waals surface area (Å²) in [5.41, 5.74) is 9.28. The Morgan fingerprint density at radius 3 is 2.46 bits per heavy atom. The zero-order valence-corrected chi connectivity index (χ0v) is 16.3. The van der Waals surface area contributed by atoms with Crippen molar-refractivity contribution >= 4 is 11.8 Å². The van der Waals surface area contributed by atoms with Crippen LogP contribution in [-0.2, 0) is 16.0 Å². The van der Waals surface area contributed by atoms with E-state index in [0.717, 1.165) is 16.7 Å². The molecule has 2 aromatic rings. The molecule has 0 aliphatic rings. The molecule has 2 rings (SSSR count). The van der Waals surface area contributed by atoms with Gasteiger partial charge in [0.05, 0.1) is 6.07 Å². The lowest BCUT2D eigenvalue weighted by molar-refractivity contribution is -0.140. The first kappa shape index (κ1) is 21.1. The smallest absolute Gasteiger partial charge is 0.245 e. The van der Waals surface area contributed by atoms with Crippen molar-refractivity contribution in [2.75, 3.05) is 13.6 Å². The normalized spacial score (nSPS) is 12.6. The average molecular weight is 379 g/mol. The predicted molar refractivity (Wildman–Crippen MR) is 106 cm³/mol. The second-order valence-electron chi connectivity index (χ2n) is 6.75. The lowest BCUT2D eigenvalue weighted by Gasteiger charge is -2.31. The van der Waals surface area contributed by atoms with Gasteiger partial charge in [0, 0.05) is 18.8 Å². The molecule has 0 saturated carbocycles. The monoisotopic (exact) mass is 379 g/mol. The highest BCUT2D eigenvalue weighted by molar-refractivity contribution is 5.90. The quantitative estimate of drug-likeness (QED) is 0.674. The van der Waals surface area contributed by atoms with Gasteiger partial charge >= 0.3 is 0 Å². The fourth-order valence-electron chi connectivity index (χ4n) is 3.34. The maximum absolute atomic E-state index is 13.2. The summed E-state index contributed by atoms with van der Waals surface area (Å²) in [7, 11) is 1.64. The van der Waals surface area contributed by atoms with Crippen LogP contribution in [0.3, 0.4) is 0 Å². The summed E-state index contributed by atoms with van der Waals surface area (Å²) in [5.74, 6) is -1.05. The Bertz CT molecular complexity index is 856. The first-order valence-corrected chi connectivity index (χ1v) is 8.98. The zero-order valence-electron chi connectivity index (χ0n) is 16.3. The van der Waals surface area contributed by atoms with Crippen molar-refractivity contribution in [3.63, 3.8) is 0 Å². The molecule has 0 aliphatic heterocycles. The Hall–Kier alpha value is -3.24. The van der Waals surface area contributed by atoms with Crippen molar-refractivity contribution in [2.24, 2.45) is 5.73 Å². The first-order valence-electron chi connectivity index (χ1n) is 8.98. The van der Waals surface area contributed by atoms with Gasteiger partial charge in [-0.15, -0.1) is 0 Å². The molecule has 0 bridgehead atoms. The van der Waals surface area contributed by atoms with Gasteiger partial charge in [-0.05, 0) is 38.1 Å². The fourth-order valence-corrected chi connectivity index (χ4v) is 3.34. The zero-order chi connectivity index (χ0) is 20.7. The highest BCUT2D eigenvalue weighted by Gasteiger charge is 2.33. The number of hydrogen-bond acceptors (Lipinski definition) is 5. The van der Waals surface area contributed by atoms with Gasteiger partial charge < -0.3 is 16.0 Å². The van der Waals surface area contributed by atoms with E-state index >= 15 is 0 Å². The Balaban J connectivity index is 2.37. The SMILES string of the molecule is CNC(C(=O)N(CC#N)[C@@H](Cc1cc(C)cc(C)c1)C(N)=O)c1cccnc1. The number of nitriles is 1. The second-order valence-corrected chi connectivity index (χ2v) is 6.75. The summed E-state index contributed by atoms with van der Waals surface area (Å²) >= 11 is 0. The van der Waals surface area contributed by atoms with E-state index < -0.39 is 23.9 Å². The van der Waals surface area contributed by atoms with Crippen LogP contribution >= 0.6 is 0 Å². The van der Waals surface area contributed by atoms with Crippen LogP contribution in [0.4, 0.5) is 0 Å². The van der Waals surface area contributed by atoms with Gasteiger partial charge in [0.2, 0.25) is 11.8 Å². The fraction of sp³-hybridized carbons (Fsp3) is 0.333. The number of aryl methyl sites for hydroxylation is 2. The Morgan fingerprint density at radius 2 is 1.96 bits per heavy atom. The summed E-state index contributed by atoms with van der Waals surface area (Å²) in [5, 5.41) is 12.2. The number of benzene rings is 1. The number of likely N-dealkylation sites (N-methyl/N-ethyl adjacent to an activating group) is 1. The summed E-state index contributed by atoms with van der Waals surface area (Å²) < 4.78 is 0. The van der Waals surface area contributed by atoms with E-state index in [2.05, 4.69) is 10.3 Å². The Labute approximate surface area is 165 Å². The van der Waals surface area contributed by atoms with Crippen molar-refractivity contribution in [1.82, 2.24) is 15.2 Å². The number of primary amides is 1. The molecule has 1 heterocycles. The molecule has 1 aromatic heterocycles. The van der Waals surface area contributed by atoms with Gasteiger partial charge in [0.1, 0.15) is 18.6 Å². The van der Waals surface area contributed by atoms with Crippen LogP contribution in [0.25, 0.3) is 0 Å². The lowest BCUT2D eigenvalue weighted by Crippen LogP contribution is -2.52. The highest BCUT2D eigenvalue weighted by Crippen LogP contribution is 2.19. The third-order valence-electron chi connectivity index (χ3n) is 4.49. The highest BCUT2D eigenvalue weighted by atomic mass is 16.2. The van der Waals surface area contributed by atoms with Crippen molar-refractivity contribution in [3.05, 3.63) is 65.0 Å². The average Bonchev–Trinajstić information content (AvgIpc) is 2.65. The maximum Gasteiger partial charge on any atom is 0.245 e. The minimum atomic E-state index is -0.930. The summed E-state index contributed by atoms with van der Waals surface area (Å²) in [6, 6.07) is 9.74. The molecule has 146 valence electrons. The molecular weight excluding hydrogens is 354 g/mol. The van der Waals surface area contributed by atoms with Crippen LogP contribution in [0, 0.1) is 25.2 Å². The van der Waals surface area contributed by atoms with E-state index in [-0.39, 0.29) is 13.0 Å². The molecule has 28 heavy (non-hydrogen) atoms. The molecule has 0 spiro atoms. The lowest BCUT2D eigenvalue weighted by atomic mass is 9.98. The molecule has 7 nitrogen and oxygen atoms in total. The molecule has 2 amide bonds. The standard InChI is InChI=1S/C21H25N5O2/c1-14-9-15(2)11-16(10-14)12-18(20(23)27)26(8-6-22)21(28)19(24-3)17-5-4-7-25-13-17/h4-5,7,9-11,13,18-19,24H,8,12H2,1-3H3,(H2,23,27)/t18-,19?/m0/s1. The first-order chi connectivity index (χ1) is 13.4. The molecule has 2 atom stereocenters. The van der Waals surface area contributed by atoms with Gasteiger partial charge in [-0.3, -0.25) is 14.6 Å². The van der Waals surface area contributed by atoms with E-state index in [1.54, 1.807) is 31.6 Å². The second kappa shape index (κ2) is 9.62. The third kappa shape index (κ3) is 5.15. The number of amides is 2. The topological polar surface area (TPSA) is 112 Å². The maximum atomic E-state index is 13.2. The number of carbonyl (C=O) groups excluding carboxylic acids is 2. The molecule has 3 N–H and O–H groups in total. The molecule has 0 fully saturated rings. The van der Waals surface area contributed by atoms with E-state index in [9.17, 15) is 14.9 Å². The number of nitrogens with one attached hydrogen (secondary N) is 1. The van der Waals surface area contributed by atoms with Gasteiger partial charge in [-0.2, -0.15) is 5.26 Å². The molecule has 1 aromatic carbocycles. The van der Waals surface area contributed by atoms with E-state index in [1.165, 1.54) is 4.90 Å². The molecular formula is C21H25N5O2. The molecule has 0 aliphatic carbocycles. The number of hydrogen-bond donors (Lipinski definition) is 2. The van der Waals surface area contributed by atoms with Crippen LogP contribution in [0.5, 0.6) is 0 Å². The van der Waals surface area contributed by atoms with Crippen LogP contribution in [0.2, 0.25) is 0 Å². The van der Waals surface area contributed by atoms with E-state index in [4.69, 9.17) is 5.73 Å². The van der Waals surface area contributed by atoms with E-state index in [0.29, 0.717) is 5.56 Å². The van der Waals surface area contributed by atoms with Gasteiger partial charge in [-0.25, -0.2) is 0 Å². The number of aromatic nitrogens is 1. The molecule has 7 heteroatoms. The van der Waals surface area contributed by atoms with Crippen molar-refractivity contribution in [1.29, 1.82) is 5.26 Å². The number of rotatable bonds is 8. The minimum absolute atomic E-state index is 0.240. The number of nitrogens with zero attached hydrogens (tertiary/aromatic N) is 3.